The van der Waals surface area contributed by atoms with Gasteiger partial charge in [0.1, 0.15) is 0 Å². The quantitative estimate of drug-likeness (QED) is 0.453. The van der Waals surface area contributed by atoms with Crippen LogP contribution >= 0.6 is 27.5 Å². The minimum absolute atomic E-state index is 0.152. The lowest BCUT2D eigenvalue weighted by molar-refractivity contribution is -0.120. The summed E-state index contributed by atoms with van der Waals surface area (Å²) >= 11 is 9.43. The number of carbonyl (C=O) groups excluding carboxylic acids is 1. The van der Waals surface area contributed by atoms with Gasteiger partial charge >= 0.3 is 0 Å². The Hall–Kier alpha value is -2.17. The molecule has 0 fully saturated rings. The van der Waals surface area contributed by atoms with Gasteiger partial charge in [-0.05, 0) is 47.0 Å². The molecule has 3 aromatic rings. The summed E-state index contributed by atoms with van der Waals surface area (Å²) in [5, 5.41) is 7.00. The monoisotopic (exact) mass is 414 g/mol. The Morgan fingerprint density at radius 2 is 1.72 bits per heavy atom. The zero-order chi connectivity index (χ0) is 17.8. The summed E-state index contributed by atoms with van der Waals surface area (Å²) < 4.78 is 1.02. The molecule has 126 valence electrons. The maximum absolute atomic E-state index is 12.3. The van der Waals surface area contributed by atoms with Gasteiger partial charge in [0, 0.05) is 9.50 Å². The fourth-order valence-electron chi connectivity index (χ4n) is 2.59. The second-order valence-corrected chi connectivity index (χ2v) is 6.96. The van der Waals surface area contributed by atoms with Crippen molar-refractivity contribution in [3.05, 3.63) is 81.3 Å². The van der Waals surface area contributed by atoms with E-state index in [2.05, 4.69) is 26.5 Å². The zero-order valence-corrected chi connectivity index (χ0v) is 15.9. The molecule has 0 heterocycles. The highest BCUT2D eigenvalue weighted by Gasteiger charge is 2.08. The first kappa shape index (κ1) is 17.6. The predicted octanol–water partition coefficient (Wildman–Crippen LogP) is 5.34. The highest BCUT2D eigenvalue weighted by Crippen LogP contribution is 2.27. The summed E-state index contributed by atoms with van der Waals surface area (Å²) in [6.45, 7) is 1.85. The second-order valence-electron chi connectivity index (χ2n) is 5.67. The number of fused-ring (bicyclic) bond motifs is 1. The van der Waals surface area contributed by atoms with Crippen LogP contribution in [0.5, 0.6) is 0 Å². The number of hydrogen-bond donors (Lipinski definition) is 1. The van der Waals surface area contributed by atoms with Crippen LogP contribution in [-0.4, -0.2) is 11.6 Å². The number of hydrogen-bond acceptors (Lipinski definition) is 2. The average molecular weight is 416 g/mol. The second kappa shape index (κ2) is 7.81. The van der Waals surface area contributed by atoms with Gasteiger partial charge in [-0.1, -0.05) is 70.0 Å². The van der Waals surface area contributed by atoms with Gasteiger partial charge in [0.05, 0.1) is 12.1 Å². The maximum atomic E-state index is 12.3. The van der Waals surface area contributed by atoms with Gasteiger partial charge in [-0.3, -0.25) is 4.79 Å². The maximum Gasteiger partial charge on any atom is 0.244 e. The molecular formula is C20H16BrClN2O. The molecule has 0 saturated heterocycles. The molecule has 0 atom stereocenters. The third kappa shape index (κ3) is 4.27. The predicted molar refractivity (Wildman–Crippen MR) is 107 cm³/mol. The molecule has 25 heavy (non-hydrogen) atoms. The molecule has 0 saturated carbocycles. The average Bonchev–Trinajstić information content (AvgIpc) is 2.63. The fourth-order valence-corrected chi connectivity index (χ4v) is 3.20. The number of carbonyl (C=O) groups is 1. The van der Waals surface area contributed by atoms with E-state index >= 15 is 0 Å². The molecule has 3 aromatic carbocycles. The molecule has 0 bridgehead atoms. The van der Waals surface area contributed by atoms with E-state index in [1.165, 1.54) is 0 Å². The summed E-state index contributed by atoms with van der Waals surface area (Å²) in [6.07, 6.45) is 0.269. The van der Waals surface area contributed by atoms with Crippen molar-refractivity contribution in [2.45, 2.75) is 13.3 Å². The van der Waals surface area contributed by atoms with Gasteiger partial charge in [0.2, 0.25) is 5.91 Å². The molecule has 3 rings (SSSR count). The van der Waals surface area contributed by atoms with E-state index in [9.17, 15) is 4.79 Å². The molecule has 0 aliphatic carbocycles. The van der Waals surface area contributed by atoms with E-state index in [1.807, 2.05) is 55.5 Å². The largest absolute Gasteiger partial charge is 0.273 e. The van der Waals surface area contributed by atoms with Crippen molar-refractivity contribution in [1.29, 1.82) is 0 Å². The molecule has 0 aliphatic heterocycles. The van der Waals surface area contributed by atoms with Gasteiger partial charge in [0.25, 0.3) is 0 Å². The number of rotatable bonds is 4. The Morgan fingerprint density at radius 3 is 2.44 bits per heavy atom. The van der Waals surface area contributed by atoms with E-state index in [0.717, 1.165) is 32.1 Å². The normalized spacial score (nSPS) is 11.6. The Labute approximate surface area is 159 Å². The van der Waals surface area contributed by atoms with E-state index in [1.54, 1.807) is 12.1 Å². The standard InChI is InChI=1S/C20H16BrClN2O/c1-13(14-6-9-16(22)10-7-14)23-24-20(25)12-15-8-11-19(21)18-5-3-2-4-17(15)18/h2-11H,12H2,1H3,(H,24,25). The zero-order valence-electron chi connectivity index (χ0n) is 13.6. The van der Waals surface area contributed by atoms with Crippen LogP contribution in [0.15, 0.2) is 70.2 Å². The van der Waals surface area contributed by atoms with Crippen LogP contribution in [0.3, 0.4) is 0 Å². The van der Waals surface area contributed by atoms with E-state index in [0.29, 0.717) is 5.02 Å². The van der Waals surface area contributed by atoms with Crippen molar-refractivity contribution in [1.82, 2.24) is 5.43 Å². The van der Waals surface area contributed by atoms with Crippen LogP contribution in [0.1, 0.15) is 18.1 Å². The summed E-state index contributed by atoms with van der Waals surface area (Å²) in [4.78, 5) is 12.3. The molecule has 0 aliphatic rings. The first-order chi connectivity index (χ1) is 12.0. The lowest BCUT2D eigenvalue weighted by atomic mass is 10.0. The Bertz CT molecular complexity index is 952. The highest BCUT2D eigenvalue weighted by atomic mass is 79.9. The summed E-state index contributed by atoms with van der Waals surface area (Å²) in [5.41, 5.74) is 5.24. The molecule has 1 amide bonds. The van der Waals surface area contributed by atoms with Gasteiger partial charge < -0.3 is 0 Å². The molecule has 3 nitrogen and oxygen atoms in total. The van der Waals surface area contributed by atoms with Crippen molar-refractivity contribution in [2.24, 2.45) is 5.10 Å². The van der Waals surface area contributed by atoms with E-state index < -0.39 is 0 Å². The molecule has 0 unspecified atom stereocenters. The highest BCUT2D eigenvalue weighted by molar-refractivity contribution is 9.10. The van der Waals surface area contributed by atoms with Gasteiger partial charge in [-0.2, -0.15) is 5.10 Å². The topological polar surface area (TPSA) is 41.5 Å². The number of nitrogens with one attached hydrogen (secondary N) is 1. The molecule has 0 spiro atoms. The molecular weight excluding hydrogens is 400 g/mol. The third-order valence-corrected chi connectivity index (χ3v) is 4.87. The van der Waals surface area contributed by atoms with Gasteiger partial charge in [0.15, 0.2) is 0 Å². The van der Waals surface area contributed by atoms with E-state index in [-0.39, 0.29) is 12.3 Å². The van der Waals surface area contributed by atoms with Gasteiger partial charge in [-0.15, -0.1) is 0 Å². The minimum Gasteiger partial charge on any atom is -0.273 e. The van der Waals surface area contributed by atoms with Crippen molar-refractivity contribution in [2.75, 3.05) is 0 Å². The SMILES string of the molecule is CC(=NNC(=O)Cc1ccc(Br)c2ccccc12)c1ccc(Cl)cc1. The number of nitrogens with zero attached hydrogens (tertiary/aromatic N) is 1. The lowest BCUT2D eigenvalue weighted by Crippen LogP contribution is -2.21. The van der Waals surface area contributed by atoms with Crippen LogP contribution in [-0.2, 0) is 11.2 Å². The van der Waals surface area contributed by atoms with Crippen molar-refractivity contribution < 1.29 is 4.79 Å². The van der Waals surface area contributed by atoms with Crippen LogP contribution in [0, 0.1) is 0 Å². The summed E-state index contributed by atoms with van der Waals surface area (Å²) in [5.74, 6) is -0.152. The van der Waals surface area contributed by atoms with Crippen molar-refractivity contribution >= 4 is 49.9 Å². The Kier molecular flexibility index (Phi) is 5.51. The fraction of sp³-hybridized carbons (Fsp3) is 0.100. The minimum atomic E-state index is -0.152. The molecule has 1 N–H and O–H groups in total. The summed E-state index contributed by atoms with van der Waals surface area (Å²) in [7, 11) is 0. The summed E-state index contributed by atoms with van der Waals surface area (Å²) in [6, 6.07) is 19.3. The smallest absolute Gasteiger partial charge is 0.244 e. The Balaban J connectivity index is 1.74. The van der Waals surface area contributed by atoms with E-state index in [4.69, 9.17) is 11.6 Å². The van der Waals surface area contributed by atoms with Gasteiger partial charge in [-0.25, -0.2) is 5.43 Å². The first-order valence-electron chi connectivity index (χ1n) is 7.80. The lowest BCUT2D eigenvalue weighted by Gasteiger charge is -2.08. The number of benzene rings is 3. The Morgan fingerprint density at radius 1 is 1.04 bits per heavy atom. The molecule has 0 radical (unpaired) electrons. The van der Waals surface area contributed by atoms with Crippen LogP contribution in [0.2, 0.25) is 5.02 Å². The number of hydrazone groups is 1. The number of amides is 1. The molecule has 5 heteroatoms. The molecule has 0 aromatic heterocycles. The first-order valence-corrected chi connectivity index (χ1v) is 8.97. The van der Waals surface area contributed by atoms with Crippen molar-refractivity contribution in [3.63, 3.8) is 0 Å². The third-order valence-electron chi connectivity index (χ3n) is 3.92. The van der Waals surface area contributed by atoms with Crippen LogP contribution in [0.25, 0.3) is 10.8 Å². The van der Waals surface area contributed by atoms with Crippen LogP contribution in [0.4, 0.5) is 0 Å². The van der Waals surface area contributed by atoms with Crippen LogP contribution < -0.4 is 5.43 Å². The van der Waals surface area contributed by atoms with Crippen molar-refractivity contribution in [3.8, 4) is 0 Å². The number of halogens is 2.